The first kappa shape index (κ1) is 20.2. The molecule has 2 rings (SSSR count). The molecule has 4 nitrogen and oxygen atoms in total. The van der Waals surface area contributed by atoms with Gasteiger partial charge in [0.2, 0.25) is 0 Å². The molecule has 0 N–H and O–H groups in total. The summed E-state index contributed by atoms with van der Waals surface area (Å²) in [6, 6.07) is 0. The standard InChI is InChI=1S/C20H38O4/c1-7-16(9-8-14(2)3)22-12-17-19(21-6)18(24-15(4)5)10-11-20(17)13-23-20/h14-19H,7-13H2,1-6H3/t16-,17?,18?,19?,20-/m0/s1. The van der Waals surface area contributed by atoms with Crippen molar-refractivity contribution in [2.24, 2.45) is 11.8 Å². The molecule has 5 atom stereocenters. The number of epoxide rings is 1. The Morgan fingerprint density at radius 1 is 1.17 bits per heavy atom. The highest BCUT2D eigenvalue weighted by Crippen LogP contribution is 2.48. The van der Waals surface area contributed by atoms with E-state index in [4.69, 9.17) is 18.9 Å². The van der Waals surface area contributed by atoms with E-state index in [1.165, 1.54) is 6.42 Å². The first-order chi connectivity index (χ1) is 11.4. The summed E-state index contributed by atoms with van der Waals surface area (Å²) in [6.45, 7) is 12.5. The van der Waals surface area contributed by atoms with Crippen molar-refractivity contribution >= 4 is 0 Å². The lowest BCUT2D eigenvalue weighted by molar-refractivity contribution is -0.155. The van der Waals surface area contributed by atoms with E-state index in [9.17, 15) is 0 Å². The van der Waals surface area contributed by atoms with Crippen molar-refractivity contribution in [3.63, 3.8) is 0 Å². The molecule has 3 unspecified atom stereocenters. The smallest absolute Gasteiger partial charge is 0.0993 e. The van der Waals surface area contributed by atoms with Gasteiger partial charge in [0, 0.05) is 13.0 Å². The molecule has 1 heterocycles. The maximum atomic E-state index is 6.33. The molecule has 0 bridgehead atoms. The van der Waals surface area contributed by atoms with Crippen LogP contribution in [0.15, 0.2) is 0 Å². The van der Waals surface area contributed by atoms with Crippen molar-refractivity contribution in [2.75, 3.05) is 20.3 Å². The van der Waals surface area contributed by atoms with Gasteiger partial charge in [-0.15, -0.1) is 0 Å². The van der Waals surface area contributed by atoms with Gasteiger partial charge in [0.1, 0.15) is 0 Å². The highest BCUT2D eigenvalue weighted by atomic mass is 16.6. The normalized spacial score (nSPS) is 34.2. The van der Waals surface area contributed by atoms with Gasteiger partial charge in [-0.2, -0.15) is 0 Å². The van der Waals surface area contributed by atoms with E-state index in [0.717, 1.165) is 38.2 Å². The average molecular weight is 343 g/mol. The van der Waals surface area contributed by atoms with Gasteiger partial charge in [-0.05, 0) is 51.9 Å². The van der Waals surface area contributed by atoms with Gasteiger partial charge in [-0.3, -0.25) is 0 Å². The molecular formula is C20H38O4. The van der Waals surface area contributed by atoms with Crippen LogP contribution in [0.5, 0.6) is 0 Å². The van der Waals surface area contributed by atoms with Crippen LogP contribution >= 0.6 is 0 Å². The van der Waals surface area contributed by atoms with Gasteiger partial charge >= 0.3 is 0 Å². The van der Waals surface area contributed by atoms with E-state index in [-0.39, 0.29) is 29.8 Å². The predicted octanol–water partition coefficient (Wildman–Crippen LogP) is 4.21. The number of hydrogen-bond donors (Lipinski definition) is 0. The Kier molecular flexibility index (Phi) is 7.54. The van der Waals surface area contributed by atoms with Crippen LogP contribution in [-0.4, -0.2) is 50.3 Å². The van der Waals surface area contributed by atoms with Crippen molar-refractivity contribution in [3.05, 3.63) is 0 Å². The summed E-state index contributed by atoms with van der Waals surface area (Å²) < 4.78 is 24.2. The van der Waals surface area contributed by atoms with Crippen LogP contribution in [0.3, 0.4) is 0 Å². The molecule has 0 aromatic rings. The Morgan fingerprint density at radius 2 is 1.88 bits per heavy atom. The second-order valence-electron chi connectivity index (χ2n) is 8.26. The summed E-state index contributed by atoms with van der Waals surface area (Å²) in [6.07, 6.45) is 6.26. The third-order valence-corrected chi connectivity index (χ3v) is 5.56. The van der Waals surface area contributed by atoms with Gasteiger partial charge < -0.3 is 18.9 Å². The molecule has 1 saturated carbocycles. The zero-order valence-corrected chi connectivity index (χ0v) is 16.5. The molecule has 4 heteroatoms. The Labute approximate surface area is 148 Å². The lowest BCUT2D eigenvalue weighted by Crippen LogP contribution is -2.52. The monoisotopic (exact) mass is 342 g/mol. The summed E-state index contributed by atoms with van der Waals surface area (Å²) in [5.41, 5.74) is -0.0200. The van der Waals surface area contributed by atoms with Crippen LogP contribution < -0.4 is 0 Å². The minimum atomic E-state index is -0.0200. The third kappa shape index (κ3) is 5.17. The quantitative estimate of drug-likeness (QED) is 0.558. The molecule has 1 saturated heterocycles. The minimum absolute atomic E-state index is 0.0200. The number of rotatable bonds is 10. The minimum Gasteiger partial charge on any atom is -0.378 e. The number of methoxy groups -OCH3 is 1. The van der Waals surface area contributed by atoms with Gasteiger partial charge in [0.05, 0.1) is 43.2 Å². The van der Waals surface area contributed by atoms with E-state index in [1.54, 1.807) is 7.11 Å². The maximum Gasteiger partial charge on any atom is 0.0993 e. The number of ether oxygens (including phenoxy) is 4. The van der Waals surface area contributed by atoms with Crippen molar-refractivity contribution in [3.8, 4) is 0 Å². The molecule has 0 aromatic carbocycles. The van der Waals surface area contributed by atoms with Crippen molar-refractivity contribution in [1.29, 1.82) is 0 Å². The molecule has 0 amide bonds. The van der Waals surface area contributed by atoms with E-state index in [1.807, 2.05) is 0 Å². The zero-order valence-electron chi connectivity index (χ0n) is 16.5. The SMILES string of the molecule is CC[C@@H](CCC(C)C)OCC1C(OC)C(OC(C)C)CC[C@]12CO2. The van der Waals surface area contributed by atoms with Crippen molar-refractivity contribution in [1.82, 2.24) is 0 Å². The van der Waals surface area contributed by atoms with Crippen LogP contribution in [0.4, 0.5) is 0 Å². The fourth-order valence-electron chi connectivity index (χ4n) is 3.97. The van der Waals surface area contributed by atoms with Crippen LogP contribution in [0, 0.1) is 11.8 Å². The molecule has 2 aliphatic rings. The molecule has 2 fully saturated rings. The summed E-state index contributed by atoms with van der Waals surface area (Å²) in [4.78, 5) is 0. The van der Waals surface area contributed by atoms with Crippen LogP contribution in [0.25, 0.3) is 0 Å². The van der Waals surface area contributed by atoms with Gasteiger partial charge in [-0.1, -0.05) is 20.8 Å². The van der Waals surface area contributed by atoms with E-state index >= 15 is 0 Å². The van der Waals surface area contributed by atoms with Gasteiger partial charge in [0.25, 0.3) is 0 Å². The second kappa shape index (κ2) is 8.98. The molecule has 24 heavy (non-hydrogen) atoms. The van der Waals surface area contributed by atoms with Gasteiger partial charge in [0.15, 0.2) is 0 Å². The molecule has 1 aliphatic heterocycles. The zero-order chi connectivity index (χ0) is 17.7. The van der Waals surface area contributed by atoms with E-state index in [2.05, 4.69) is 34.6 Å². The fourth-order valence-corrected chi connectivity index (χ4v) is 3.97. The van der Waals surface area contributed by atoms with Crippen LogP contribution in [0.2, 0.25) is 0 Å². The molecule has 1 spiro atoms. The molecular weight excluding hydrogens is 304 g/mol. The highest BCUT2D eigenvalue weighted by molar-refractivity contribution is 5.07. The molecule has 1 aliphatic carbocycles. The summed E-state index contributed by atoms with van der Waals surface area (Å²) in [5.74, 6) is 0.999. The predicted molar refractivity (Wildman–Crippen MR) is 96.3 cm³/mol. The topological polar surface area (TPSA) is 40.2 Å². The van der Waals surface area contributed by atoms with Crippen molar-refractivity contribution in [2.45, 2.75) is 96.7 Å². The Morgan fingerprint density at radius 3 is 2.38 bits per heavy atom. The fraction of sp³-hybridized carbons (Fsp3) is 1.00. The maximum absolute atomic E-state index is 6.33. The highest BCUT2D eigenvalue weighted by Gasteiger charge is 2.59. The lowest BCUT2D eigenvalue weighted by atomic mass is 9.76. The largest absolute Gasteiger partial charge is 0.378 e. The molecule has 142 valence electrons. The summed E-state index contributed by atoms with van der Waals surface area (Å²) in [5, 5.41) is 0. The van der Waals surface area contributed by atoms with Crippen molar-refractivity contribution < 1.29 is 18.9 Å². The number of hydrogen-bond acceptors (Lipinski definition) is 4. The molecule has 0 radical (unpaired) electrons. The Bertz CT molecular complexity index is 365. The van der Waals surface area contributed by atoms with Crippen LogP contribution in [0.1, 0.15) is 66.7 Å². The lowest BCUT2D eigenvalue weighted by Gasteiger charge is -2.41. The molecule has 0 aromatic heterocycles. The average Bonchev–Trinajstić information content (AvgIpc) is 3.30. The Balaban J connectivity index is 1.96. The Hall–Kier alpha value is -0.160. The first-order valence-electron chi connectivity index (χ1n) is 9.85. The van der Waals surface area contributed by atoms with E-state index < -0.39 is 0 Å². The first-order valence-corrected chi connectivity index (χ1v) is 9.85. The van der Waals surface area contributed by atoms with E-state index in [0.29, 0.717) is 12.7 Å². The summed E-state index contributed by atoms with van der Waals surface area (Å²) in [7, 11) is 1.80. The summed E-state index contributed by atoms with van der Waals surface area (Å²) >= 11 is 0. The van der Waals surface area contributed by atoms with Gasteiger partial charge in [-0.25, -0.2) is 0 Å². The third-order valence-electron chi connectivity index (χ3n) is 5.56. The second-order valence-corrected chi connectivity index (χ2v) is 8.26. The van der Waals surface area contributed by atoms with Crippen LogP contribution in [-0.2, 0) is 18.9 Å².